The van der Waals surface area contributed by atoms with Gasteiger partial charge in [0.05, 0.1) is 0 Å². The SMILES string of the molecule is Cc1ccccc1-c1nnc(-c2ccc(C(=O)NCC3CCCN(Cc4cccs4)C3)cc2)o1. The second-order valence-electron chi connectivity index (χ2n) is 8.84. The molecule has 5 rings (SSSR count). The smallest absolute Gasteiger partial charge is 0.251 e. The molecule has 0 spiro atoms. The van der Waals surface area contributed by atoms with E-state index < -0.39 is 0 Å². The van der Waals surface area contributed by atoms with Crippen LogP contribution in [-0.4, -0.2) is 40.6 Å². The lowest BCUT2D eigenvalue weighted by molar-refractivity contribution is 0.0931. The molecule has 2 aromatic carbocycles. The summed E-state index contributed by atoms with van der Waals surface area (Å²) in [5.74, 6) is 1.37. The van der Waals surface area contributed by atoms with Crippen LogP contribution in [0.5, 0.6) is 0 Å². The Morgan fingerprint density at radius 3 is 2.71 bits per heavy atom. The topological polar surface area (TPSA) is 71.3 Å². The van der Waals surface area contributed by atoms with E-state index >= 15 is 0 Å². The van der Waals surface area contributed by atoms with Gasteiger partial charge in [0.2, 0.25) is 11.8 Å². The molecule has 0 bridgehead atoms. The summed E-state index contributed by atoms with van der Waals surface area (Å²) in [6, 6.07) is 19.5. The molecule has 1 N–H and O–H groups in total. The van der Waals surface area contributed by atoms with Gasteiger partial charge in [-0.05, 0) is 79.6 Å². The first-order chi connectivity index (χ1) is 16.7. The van der Waals surface area contributed by atoms with Crippen LogP contribution < -0.4 is 5.32 Å². The average molecular weight is 473 g/mol. The van der Waals surface area contributed by atoms with Crippen molar-refractivity contribution >= 4 is 17.2 Å². The van der Waals surface area contributed by atoms with Crippen molar-refractivity contribution in [2.75, 3.05) is 19.6 Å². The van der Waals surface area contributed by atoms with Crippen LogP contribution >= 0.6 is 11.3 Å². The molecular formula is C27H28N4O2S. The van der Waals surface area contributed by atoms with Gasteiger partial charge < -0.3 is 9.73 Å². The Bertz CT molecular complexity index is 1230. The number of carbonyl (C=O) groups is 1. The maximum absolute atomic E-state index is 12.7. The van der Waals surface area contributed by atoms with Gasteiger partial charge in [0.15, 0.2) is 0 Å². The number of benzene rings is 2. The summed E-state index contributed by atoms with van der Waals surface area (Å²) in [4.78, 5) is 16.6. The van der Waals surface area contributed by atoms with Crippen LogP contribution in [0.2, 0.25) is 0 Å². The molecular weight excluding hydrogens is 444 g/mol. The summed E-state index contributed by atoms with van der Waals surface area (Å²) in [6.45, 7) is 5.87. The van der Waals surface area contributed by atoms with Gasteiger partial charge in [-0.15, -0.1) is 21.5 Å². The van der Waals surface area contributed by atoms with Crippen molar-refractivity contribution < 1.29 is 9.21 Å². The van der Waals surface area contributed by atoms with Crippen molar-refractivity contribution in [2.45, 2.75) is 26.3 Å². The number of piperidine rings is 1. The number of hydrogen-bond acceptors (Lipinski definition) is 6. The fraction of sp³-hybridized carbons (Fsp3) is 0.296. The number of nitrogens with one attached hydrogen (secondary N) is 1. The normalized spacial score (nSPS) is 16.4. The van der Waals surface area contributed by atoms with Crippen LogP contribution in [0.3, 0.4) is 0 Å². The third-order valence-corrected chi connectivity index (χ3v) is 7.17. The van der Waals surface area contributed by atoms with E-state index in [1.54, 1.807) is 0 Å². The number of amides is 1. The first-order valence-electron chi connectivity index (χ1n) is 11.7. The molecule has 1 atom stereocenters. The molecule has 1 fully saturated rings. The molecule has 34 heavy (non-hydrogen) atoms. The predicted octanol–water partition coefficient (Wildman–Crippen LogP) is 5.42. The maximum Gasteiger partial charge on any atom is 0.251 e. The number of nitrogens with zero attached hydrogens (tertiary/aromatic N) is 3. The van der Waals surface area contributed by atoms with Gasteiger partial charge in [0.1, 0.15) is 0 Å². The van der Waals surface area contributed by atoms with Crippen molar-refractivity contribution in [3.63, 3.8) is 0 Å². The Morgan fingerprint density at radius 2 is 1.91 bits per heavy atom. The Labute approximate surface area is 203 Å². The van der Waals surface area contributed by atoms with Crippen LogP contribution in [0.15, 0.2) is 70.5 Å². The lowest BCUT2D eigenvalue weighted by Crippen LogP contribution is -2.40. The second-order valence-corrected chi connectivity index (χ2v) is 9.87. The zero-order chi connectivity index (χ0) is 23.3. The summed E-state index contributed by atoms with van der Waals surface area (Å²) < 4.78 is 5.88. The average Bonchev–Trinajstić information content (AvgIpc) is 3.56. The van der Waals surface area contributed by atoms with Crippen molar-refractivity contribution in [2.24, 2.45) is 5.92 Å². The monoisotopic (exact) mass is 472 g/mol. The highest BCUT2D eigenvalue weighted by Crippen LogP contribution is 2.26. The molecule has 7 heteroatoms. The Morgan fingerprint density at radius 1 is 1.09 bits per heavy atom. The van der Waals surface area contributed by atoms with E-state index in [1.165, 1.54) is 11.3 Å². The Kier molecular flexibility index (Phi) is 6.83. The summed E-state index contributed by atoms with van der Waals surface area (Å²) in [5.41, 5.74) is 3.43. The summed E-state index contributed by atoms with van der Waals surface area (Å²) in [5, 5.41) is 13.6. The molecule has 3 heterocycles. The minimum absolute atomic E-state index is 0.0481. The van der Waals surface area contributed by atoms with Crippen LogP contribution in [0.4, 0.5) is 0 Å². The standard InChI is InChI=1S/C27H28N4O2S/c1-19-6-2-3-9-24(19)27-30-29-26(33-27)22-12-10-21(11-13-22)25(32)28-16-20-7-4-14-31(17-20)18-23-8-5-15-34-23/h2-3,5-6,8-13,15,20H,4,7,14,16-18H2,1H3,(H,28,32). The molecule has 174 valence electrons. The molecule has 6 nitrogen and oxygen atoms in total. The quantitative estimate of drug-likeness (QED) is 0.389. The first kappa shape index (κ1) is 22.5. The van der Waals surface area contributed by atoms with E-state index in [0.29, 0.717) is 29.8 Å². The molecule has 1 aliphatic heterocycles. The summed E-state index contributed by atoms with van der Waals surface area (Å²) in [6.07, 6.45) is 2.33. The van der Waals surface area contributed by atoms with Crippen molar-refractivity contribution in [3.8, 4) is 22.9 Å². The predicted molar refractivity (Wildman–Crippen MR) is 135 cm³/mol. The number of aromatic nitrogens is 2. The van der Waals surface area contributed by atoms with Gasteiger partial charge in [-0.3, -0.25) is 9.69 Å². The zero-order valence-corrected chi connectivity index (χ0v) is 20.1. The van der Waals surface area contributed by atoms with Crippen molar-refractivity contribution in [1.29, 1.82) is 0 Å². The van der Waals surface area contributed by atoms with Gasteiger partial charge in [-0.1, -0.05) is 24.3 Å². The van der Waals surface area contributed by atoms with Crippen LogP contribution in [0.1, 0.15) is 33.6 Å². The largest absolute Gasteiger partial charge is 0.416 e. The molecule has 1 aliphatic rings. The molecule has 2 aromatic heterocycles. The summed E-state index contributed by atoms with van der Waals surface area (Å²) in [7, 11) is 0. The lowest BCUT2D eigenvalue weighted by atomic mass is 9.97. The van der Waals surface area contributed by atoms with Gasteiger partial charge in [-0.2, -0.15) is 0 Å². The van der Waals surface area contributed by atoms with Crippen molar-refractivity contribution in [3.05, 3.63) is 82.0 Å². The first-order valence-corrected chi connectivity index (χ1v) is 12.6. The number of aryl methyl sites for hydroxylation is 1. The van der Waals surface area contributed by atoms with Gasteiger partial charge in [0, 0.05) is 41.2 Å². The number of thiophene rings is 1. The third-order valence-electron chi connectivity index (χ3n) is 6.31. The highest BCUT2D eigenvalue weighted by atomic mass is 32.1. The van der Waals surface area contributed by atoms with E-state index in [1.807, 2.05) is 66.8 Å². The number of rotatable bonds is 7. The molecule has 4 aromatic rings. The molecule has 0 radical (unpaired) electrons. The number of hydrogen-bond donors (Lipinski definition) is 1. The van der Waals surface area contributed by atoms with Crippen LogP contribution in [-0.2, 0) is 6.54 Å². The van der Waals surface area contributed by atoms with Gasteiger partial charge in [0.25, 0.3) is 5.91 Å². The van der Waals surface area contributed by atoms with E-state index in [4.69, 9.17) is 4.42 Å². The molecule has 0 saturated carbocycles. The minimum Gasteiger partial charge on any atom is -0.416 e. The fourth-order valence-corrected chi connectivity index (χ4v) is 5.20. The van der Waals surface area contributed by atoms with Crippen molar-refractivity contribution in [1.82, 2.24) is 20.4 Å². The van der Waals surface area contributed by atoms with E-state index in [0.717, 1.165) is 42.7 Å². The second kappa shape index (κ2) is 10.3. The molecule has 1 amide bonds. The highest BCUT2D eigenvalue weighted by Gasteiger charge is 2.21. The van der Waals surface area contributed by atoms with Crippen LogP contribution in [0, 0.1) is 12.8 Å². The minimum atomic E-state index is -0.0481. The zero-order valence-electron chi connectivity index (χ0n) is 19.2. The van der Waals surface area contributed by atoms with Gasteiger partial charge >= 0.3 is 0 Å². The van der Waals surface area contributed by atoms with E-state index in [-0.39, 0.29) is 5.91 Å². The fourth-order valence-electron chi connectivity index (χ4n) is 4.45. The molecule has 0 aliphatic carbocycles. The Balaban J connectivity index is 1.16. The molecule has 1 unspecified atom stereocenters. The Hall–Kier alpha value is -3.29. The maximum atomic E-state index is 12.7. The molecule has 1 saturated heterocycles. The number of carbonyl (C=O) groups excluding carboxylic acids is 1. The third kappa shape index (κ3) is 5.26. The van der Waals surface area contributed by atoms with E-state index in [9.17, 15) is 4.79 Å². The number of likely N-dealkylation sites (tertiary alicyclic amines) is 1. The van der Waals surface area contributed by atoms with Crippen LogP contribution in [0.25, 0.3) is 22.9 Å². The van der Waals surface area contributed by atoms with E-state index in [2.05, 4.69) is 37.9 Å². The lowest BCUT2D eigenvalue weighted by Gasteiger charge is -2.32. The van der Waals surface area contributed by atoms with Gasteiger partial charge in [-0.25, -0.2) is 0 Å². The summed E-state index contributed by atoms with van der Waals surface area (Å²) >= 11 is 1.81. The highest BCUT2D eigenvalue weighted by molar-refractivity contribution is 7.09.